The van der Waals surface area contributed by atoms with Crippen molar-refractivity contribution in [1.29, 1.82) is 0 Å². The third-order valence-electron chi connectivity index (χ3n) is 3.04. The van der Waals surface area contributed by atoms with Crippen LogP contribution in [0.1, 0.15) is 28.7 Å². The summed E-state index contributed by atoms with van der Waals surface area (Å²) in [4.78, 5) is 23.2. The fourth-order valence-corrected chi connectivity index (χ4v) is 1.91. The smallest absolute Gasteiger partial charge is 0.289 e. The van der Waals surface area contributed by atoms with Gasteiger partial charge in [-0.05, 0) is 31.0 Å². The molecule has 0 fully saturated rings. The Labute approximate surface area is 116 Å². The van der Waals surface area contributed by atoms with Gasteiger partial charge in [0.05, 0.1) is 5.69 Å². The first-order chi connectivity index (χ1) is 9.56. The van der Waals surface area contributed by atoms with Crippen molar-refractivity contribution in [3.63, 3.8) is 0 Å². The molecule has 0 aliphatic rings. The summed E-state index contributed by atoms with van der Waals surface area (Å²) in [5, 5.41) is 4.08. The topological polar surface area (TPSA) is 90.0 Å². The lowest BCUT2D eigenvalue weighted by Gasteiger charge is -2.11. The number of aryl methyl sites for hydroxylation is 2. The molecule has 20 heavy (non-hydrogen) atoms. The maximum absolute atomic E-state index is 11.7. The van der Waals surface area contributed by atoms with E-state index in [9.17, 15) is 9.59 Å². The zero-order valence-electron chi connectivity index (χ0n) is 11.4. The highest BCUT2D eigenvalue weighted by Gasteiger charge is 2.13. The molecule has 2 aromatic rings. The third kappa shape index (κ3) is 2.60. The van der Waals surface area contributed by atoms with Gasteiger partial charge in [-0.25, -0.2) is 10.5 Å². The van der Waals surface area contributed by atoms with Gasteiger partial charge in [0.25, 0.3) is 5.91 Å². The Morgan fingerprint density at radius 2 is 2.00 bits per heavy atom. The second kappa shape index (κ2) is 5.66. The maximum Gasteiger partial charge on any atom is 0.289 e. The first-order valence-corrected chi connectivity index (χ1v) is 6.28. The van der Waals surface area contributed by atoms with E-state index < -0.39 is 11.3 Å². The van der Waals surface area contributed by atoms with Crippen LogP contribution in [0.3, 0.4) is 0 Å². The number of hydrogen-bond acceptors (Lipinski definition) is 4. The Hall–Kier alpha value is -2.47. The van der Waals surface area contributed by atoms with Crippen LogP contribution in [-0.4, -0.2) is 15.7 Å². The minimum Gasteiger partial charge on any atom is -0.289 e. The van der Waals surface area contributed by atoms with E-state index in [0.29, 0.717) is 5.69 Å². The number of carbonyl (C=O) groups excluding carboxylic acids is 1. The first kappa shape index (κ1) is 14.0. The van der Waals surface area contributed by atoms with Gasteiger partial charge >= 0.3 is 0 Å². The van der Waals surface area contributed by atoms with Crippen LogP contribution in [0.2, 0.25) is 0 Å². The molecule has 0 aliphatic heterocycles. The van der Waals surface area contributed by atoms with Gasteiger partial charge in [0.2, 0.25) is 5.43 Å². The molecule has 0 saturated carbocycles. The molecule has 1 aromatic heterocycles. The molecule has 1 aromatic carbocycles. The molecule has 6 heteroatoms. The lowest BCUT2D eigenvalue weighted by atomic mass is 10.1. The van der Waals surface area contributed by atoms with Crippen molar-refractivity contribution in [2.45, 2.75) is 20.3 Å². The lowest BCUT2D eigenvalue weighted by molar-refractivity contribution is 0.0945. The Bertz CT molecular complexity index is 689. The molecule has 3 N–H and O–H groups in total. The number of hydrogen-bond donors (Lipinski definition) is 2. The normalized spacial score (nSPS) is 10.3. The zero-order chi connectivity index (χ0) is 14.7. The van der Waals surface area contributed by atoms with E-state index in [1.807, 2.05) is 29.7 Å². The highest BCUT2D eigenvalue weighted by molar-refractivity contribution is 5.91. The summed E-state index contributed by atoms with van der Waals surface area (Å²) in [6.07, 6.45) is 0.942. The number of nitrogens with zero attached hydrogens (tertiary/aromatic N) is 2. The van der Waals surface area contributed by atoms with Crippen molar-refractivity contribution >= 4 is 5.91 Å². The fourth-order valence-electron chi connectivity index (χ4n) is 1.91. The van der Waals surface area contributed by atoms with Gasteiger partial charge in [-0.15, -0.1) is 0 Å². The van der Waals surface area contributed by atoms with E-state index in [0.717, 1.165) is 12.1 Å². The van der Waals surface area contributed by atoms with Gasteiger partial charge in [0.15, 0.2) is 5.69 Å². The molecule has 1 heterocycles. The van der Waals surface area contributed by atoms with Crippen molar-refractivity contribution < 1.29 is 4.79 Å². The minimum absolute atomic E-state index is 0.224. The van der Waals surface area contributed by atoms with E-state index >= 15 is 0 Å². The van der Waals surface area contributed by atoms with Crippen molar-refractivity contribution in [1.82, 2.24) is 15.2 Å². The summed E-state index contributed by atoms with van der Waals surface area (Å²) < 4.78 is 1.55. The second-order valence-corrected chi connectivity index (χ2v) is 4.40. The molecule has 0 bridgehead atoms. The molecular weight excluding hydrogens is 256 g/mol. The van der Waals surface area contributed by atoms with Gasteiger partial charge < -0.3 is 0 Å². The molecule has 0 unspecified atom stereocenters. The van der Waals surface area contributed by atoms with Gasteiger partial charge in [0.1, 0.15) is 0 Å². The Morgan fingerprint density at radius 1 is 1.35 bits per heavy atom. The van der Waals surface area contributed by atoms with E-state index in [4.69, 9.17) is 5.84 Å². The number of amides is 1. The standard InChI is InChI=1S/C14H16N4O2/c1-3-10-4-6-11(7-5-10)18-9(2)8-12(19)13(17-18)14(20)16-15/h4-8H,3,15H2,1-2H3,(H,16,20). The molecule has 104 valence electrons. The average molecular weight is 272 g/mol. The molecule has 0 saturated heterocycles. The van der Waals surface area contributed by atoms with Crippen LogP contribution in [0.15, 0.2) is 35.1 Å². The van der Waals surface area contributed by atoms with Crippen molar-refractivity contribution in [2.24, 2.45) is 5.84 Å². The van der Waals surface area contributed by atoms with E-state index in [1.54, 1.807) is 11.6 Å². The van der Waals surface area contributed by atoms with Crippen molar-refractivity contribution in [3.8, 4) is 5.69 Å². The first-order valence-electron chi connectivity index (χ1n) is 6.28. The summed E-state index contributed by atoms with van der Waals surface area (Å²) in [5.74, 6) is 4.35. The number of benzene rings is 1. The van der Waals surface area contributed by atoms with Crippen LogP contribution in [0.25, 0.3) is 5.69 Å². The van der Waals surface area contributed by atoms with Crippen LogP contribution in [0, 0.1) is 6.92 Å². The van der Waals surface area contributed by atoms with Crippen molar-refractivity contribution in [3.05, 3.63) is 57.5 Å². The monoisotopic (exact) mass is 272 g/mol. The predicted molar refractivity (Wildman–Crippen MR) is 75.6 cm³/mol. The number of hydrazine groups is 1. The number of aromatic nitrogens is 2. The predicted octanol–water partition coefficient (Wildman–Crippen LogP) is 0.707. The highest BCUT2D eigenvalue weighted by Crippen LogP contribution is 2.11. The highest BCUT2D eigenvalue weighted by atomic mass is 16.2. The van der Waals surface area contributed by atoms with Gasteiger partial charge in [-0.1, -0.05) is 19.1 Å². The molecule has 2 rings (SSSR count). The molecular formula is C14H16N4O2. The third-order valence-corrected chi connectivity index (χ3v) is 3.04. The fraction of sp³-hybridized carbons (Fsp3) is 0.214. The van der Waals surface area contributed by atoms with E-state index in [2.05, 4.69) is 12.0 Å². The molecule has 0 aliphatic carbocycles. The van der Waals surface area contributed by atoms with Gasteiger partial charge in [0, 0.05) is 11.8 Å². The van der Waals surface area contributed by atoms with Crippen LogP contribution in [-0.2, 0) is 6.42 Å². The molecule has 1 amide bonds. The van der Waals surface area contributed by atoms with E-state index in [-0.39, 0.29) is 5.69 Å². The average Bonchev–Trinajstić information content (AvgIpc) is 2.47. The number of nitrogen functional groups attached to an aromatic ring is 1. The van der Waals surface area contributed by atoms with Crippen LogP contribution >= 0.6 is 0 Å². The maximum atomic E-state index is 11.7. The van der Waals surface area contributed by atoms with Crippen LogP contribution in [0.4, 0.5) is 0 Å². The summed E-state index contributed by atoms with van der Waals surface area (Å²) >= 11 is 0. The van der Waals surface area contributed by atoms with Gasteiger partial charge in [-0.3, -0.25) is 15.0 Å². The SMILES string of the molecule is CCc1ccc(-n2nc(C(=O)NN)c(=O)cc2C)cc1. The summed E-state index contributed by atoms with van der Waals surface area (Å²) in [7, 11) is 0. The minimum atomic E-state index is -0.700. The number of nitrogens with one attached hydrogen (secondary N) is 1. The largest absolute Gasteiger partial charge is 0.289 e. The molecule has 0 spiro atoms. The quantitative estimate of drug-likeness (QED) is 0.489. The Balaban J connectivity index is 2.55. The second-order valence-electron chi connectivity index (χ2n) is 4.40. The molecule has 6 nitrogen and oxygen atoms in total. The lowest BCUT2D eigenvalue weighted by Crippen LogP contribution is -2.36. The number of rotatable bonds is 3. The van der Waals surface area contributed by atoms with Crippen LogP contribution < -0.4 is 16.7 Å². The molecule has 0 radical (unpaired) electrons. The van der Waals surface area contributed by atoms with E-state index in [1.165, 1.54) is 11.6 Å². The van der Waals surface area contributed by atoms with Crippen LogP contribution in [0.5, 0.6) is 0 Å². The van der Waals surface area contributed by atoms with Gasteiger partial charge in [-0.2, -0.15) is 5.10 Å². The number of carbonyl (C=O) groups is 1. The molecule has 0 atom stereocenters. The summed E-state index contributed by atoms with van der Waals surface area (Å²) in [5.41, 5.74) is 3.88. The van der Waals surface area contributed by atoms with Crippen molar-refractivity contribution in [2.75, 3.05) is 0 Å². The summed E-state index contributed by atoms with van der Waals surface area (Å²) in [6, 6.07) is 9.13. The number of nitrogens with two attached hydrogens (primary N) is 1. The summed E-state index contributed by atoms with van der Waals surface area (Å²) in [6.45, 7) is 3.83. The Morgan fingerprint density at radius 3 is 2.55 bits per heavy atom. The Kier molecular flexibility index (Phi) is 3.95. The zero-order valence-corrected chi connectivity index (χ0v) is 11.4.